The predicted octanol–water partition coefficient (Wildman–Crippen LogP) is 4.41. The Morgan fingerprint density at radius 1 is 0.969 bits per heavy atom. The van der Waals surface area contributed by atoms with Crippen molar-refractivity contribution < 1.29 is 9.59 Å². The molecule has 4 rings (SSSR count). The molecular formula is C26H34N4O2. The smallest absolute Gasteiger partial charge is 0.253 e. The van der Waals surface area contributed by atoms with Gasteiger partial charge in [0.05, 0.1) is 11.3 Å². The molecule has 2 aliphatic rings. The van der Waals surface area contributed by atoms with Crippen LogP contribution in [0.1, 0.15) is 54.4 Å². The molecular weight excluding hydrogens is 400 g/mol. The number of nitrogens with zero attached hydrogens (tertiary/aromatic N) is 2. The molecule has 1 saturated heterocycles. The summed E-state index contributed by atoms with van der Waals surface area (Å²) in [5.41, 5.74) is 4.56. The second-order valence-electron chi connectivity index (χ2n) is 9.14. The second kappa shape index (κ2) is 10.1. The molecule has 0 atom stereocenters. The fourth-order valence-corrected chi connectivity index (χ4v) is 4.15. The van der Waals surface area contributed by atoms with Gasteiger partial charge in [0, 0.05) is 51.0 Å². The molecule has 1 aliphatic heterocycles. The second-order valence-corrected chi connectivity index (χ2v) is 9.14. The number of nitrogens with one attached hydrogen (secondary N) is 2. The van der Waals surface area contributed by atoms with Gasteiger partial charge in [0.1, 0.15) is 0 Å². The van der Waals surface area contributed by atoms with E-state index in [-0.39, 0.29) is 17.7 Å². The Labute approximate surface area is 191 Å². The third-order valence-corrected chi connectivity index (χ3v) is 6.31. The third kappa shape index (κ3) is 5.61. The number of benzene rings is 2. The molecule has 2 amide bonds. The zero-order valence-corrected chi connectivity index (χ0v) is 19.2. The molecule has 2 fully saturated rings. The van der Waals surface area contributed by atoms with Crippen LogP contribution in [0.3, 0.4) is 0 Å². The highest BCUT2D eigenvalue weighted by Crippen LogP contribution is 2.32. The van der Waals surface area contributed by atoms with Gasteiger partial charge in [0.25, 0.3) is 5.91 Å². The summed E-state index contributed by atoms with van der Waals surface area (Å²) in [6.07, 6.45) is 6.63. The van der Waals surface area contributed by atoms with Crippen LogP contribution in [-0.2, 0) is 11.3 Å². The van der Waals surface area contributed by atoms with E-state index in [1.54, 1.807) is 0 Å². The first-order valence-corrected chi connectivity index (χ1v) is 11.8. The number of rotatable bonds is 7. The Morgan fingerprint density at radius 2 is 1.66 bits per heavy atom. The van der Waals surface area contributed by atoms with E-state index in [2.05, 4.69) is 32.6 Å². The first-order valence-electron chi connectivity index (χ1n) is 11.8. The fraction of sp³-hybridized carbons (Fsp3) is 0.462. The molecule has 0 spiro atoms. The highest BCUT2D eigenvalue weighted by molar-refractivity contribution is 6.02. The van der Waals surface area contributed by atoms with Crippen LogP contribution in [0.25, 0.3) is 0 Å². The van der Waals surface area contributed by atoms with Crippen molar-refractivity contribution in [3.05, 3.63) is 53.6 Å². The van der Waals surface area contributed by atoms with Crippen LogP contribution in [-0.4, -0.2) is 39.0 Å². The summed E-state index contributed by atoms with van der Waals surface area (Å²) in [6, 6.07) is 13.9. The maximum absolute atomic E-state index is 13.2. The maximum atomic E-state index is 13.2. The van der Waals surface area contributed by atoms with E-state index >= 15 is 0 Å². The van der Waals surface area contributed by atoms with Gasteiger partial charge in [-0.1, -0.05) is 25.0 Å². The predicted molar refractivity (Wildman–Crippen MR) is 130 cm³/mol. The minimum absolute atomic E-state index is 0.0824. The Hall–Kier alpha value is -3.02. The zero-order valence-electron chi connectivity index (χ0n) is 19.2. The summed E-state index contributed by atoms with van der Waals surface area (Å²) < 4.78 is 0. The molecule has 0 radical (unpaired) electrons. The molecule has 0 unspecified atom stereocenters. The van der Waals surface area contributed by atoms with Gasteiger partial charge in [-0.3, -0.25) is 9.59 Å². The number of hydrogen-bond donors (Lipinski definition) is 2. The lowest BCUT2D eigenvalue weighted by molar-refractivity contribution is -0.117. The topological polar surface area (TPSA) is 64.7 Å². The van der Waals surface area contributed by atoms with Crippen molar-refractivity contribution in [3.8, 4) is 0 Å². The van der Waals surface area contributed by atoms with Crippen molar-refractivity contribution in [2.24, 2.45) is 5.92 Å². The van der Waals surface area contributed by atoms with E-state index in [0.29, 0.717) is 12.1 Å². The standard InChI is InChI=1S/C26H34N4O2/c1-29(2)22-12-7-19(8-13-22)18-27-26(32)23-14-11-21(28-25(31)20-9-10-20)17-24(23)30-15-5-3-4-6-16-30/h7-8,11-14,17,20H,3-6,9-10,15-16,18H2,1-2H3,(H,27,32)(H,28,31). The van der Waals surface area contributed by atoms with E-state index < -0.39 is 0 Å². The minimum atomic E-state index is -0.0824. The SMILES string of the molecule is CN(C)c1ccc(CNC(=O)c2ccc(NC(=O)C3CC3)cc2N2CCCCCC2)cc1. The lowest BCUT2D eigenvalue weighted by Crippen LogP contribution is -2.29. The van der Waals surface area contributed by atoms with E-state index in [0.717, 1.165) is 61.4 Å². The first-order chi connectivity index (χ1) is 15.5. The van der Waals surface area contributed by atoms with Crippen molar-refractivity contribution in [3.63, 3.8) is 0 Å². The number of anilines is 3. The maximum Gasteiger partial charge on any atom is 0.253 e. The summed E-state index contributed by atoms with van der Waals surface area (Å²) in [5, 5.41) is 6.12. The van der Waals surface area contributed by atoms with Crippen molar-refractivity contribution in [1.29, 1.82) is 0 Å². The molecule has 170 valence electrons. The highest BCUT2D eigenvalue weighted by Gasteiger charge is 2.30. The number of carbonyl (C=O) groups is 2. The van der Waals surface area contributed by atoms with Gasteiger partial charge >= 0.3 is 0 Å². The summed E-state index contributed by atoms with van der Waals surface area (Å²) in [5.74, 6) is 0.157. The van der Waals surface area contributed by atoms with Gasteiger partial charge in [0.2, 0.25) is 5.91 Å². The Balaban J connectivity index is 1.50. The quantitative estimate of drug-likeness (QED) is 0.677. The lowest BCUT2D eigenvalue weighted by atomic mass is 10.1. The van der Waals surface area contributed by atoms with Gasteiger partial charge in [0.15, 0.2) is 0 Å². The zero-order chi connectivity index (χ0) is 22.5. The largest absolute Gasteiger partial charge is 0.378 e. The summed E-state index contributed by atoms with van der Waals surface area (Å²) >= 11 is 0. The average Bonchev–Trinajstić information content (AvgIpc) is 3.65. The first kappa shape index (κ1) is 22.2. The Morgan fingerprint density at radius 3 is 2.28 bits per heavy atom. The van der Waals surface area contributed by atoms with Crippen LogP contribution < -0.4 is 20.4 Å². The van der Waals surface area contributed by atoms with Crippen LogP contribution in [0.2, 0.25) is 0 Å². The molecule has 1 saturated carbocycles. The lowest BCUT2D eigenvalue weighted by Gasteiger charge is -2.26. The summed E-state index contributed by atoms with van der Waals surface area (Å²) in [4.78, 5) is 29.8. The van der Waals surface area contributed by atoms with Gasteiger partial charge in [-0.05, 0) is 61.6 Å². The summed E-state index contributed by atoms with van der Waals surface area (Å²) in [7, 11) is 4.02. The third-order valence-electron chi connectivity index (χ3n) is 6.31. The van der Waals surface area contributed by atoms with Crippen LogP contribution in [0.4, 0.5) is 17.1 Å². The normalized spacial score (nSPS) is 16.2. The molecule has 1 aliphatic carbocycles. The molecule has 2 aromatic carbocycles. The molecule has 6 nitrogen and oxygen atoms in total. The van der Waals surface area contributed by atoms with Crippen molar-refractivity contribution in [2.45, 2.75) is 45.1 Å². The van der Waals surface area contributed by atoms with Crippen LogP contribution >= 0.6 is 0 Å². The van der Waals surface area contributed by atoms with Gasteiger partial charge in [-0.2, -0.15) is 0 Å². The molecule has 0 aromatic heterocycles. The fourth-order valence-electron chi connectivity index (χ4n) is 4.15. The average molecular weight is 435 g/mol. The van der Waals surface area contributed by atoms with Crippen LogP contribution in [0, 0.1) is 5.92 Å². The van der Waals surface area contributed by atoms with Gasteiger partial charge < -0.3 is 20.4 Å². The highest BCUT2D eigenvalue weighted by atomic mass is 16.2. The van der Waals surface area contributed by atoms with E-state index in [1.807, 2.05) is 44.4 Å². The van der Waals surface area contributed by atoms with Gasteiger partial charge in [-0.25, -0.2) is 0 Å². The van der Waals surface area contributed by atoms with Crippen LogP contribution in [0.5, 0.6) is 0 Å². The van der Waals surface area contributed by atoms with E-state index in [1.165, 1.54) is 12.8 Å². The monoisotopic (exact) mass is 434 g/mol. The molecule has 2 aromatic rings. The molecule has 6 heteroatoms. The Kier molecular flexibility index (Phi) is 6.98. The minimum Gasteiger partial charge on any atom is -0.378 e. The molecule has 2 N–H and O–H groups in total. The van der Waals surface area contributed by atoms with Crippen molar-refractivity contribution in [2.75, 3.05) is 42.3 Å². The number of hydrogen-bond acceptors (Lipinski definition) is 4. The van der Waals surface area contributed by atoms with Crippen molar-refractivity contribution >= 4 is 28.9 Å². The molecule has 0 bridgehead atoms. The van der Waals surface area contributed by atoms with Gasteiger partial charge in [-0.15, -0.1) is 0 Å². The van der Waals surface area contributed by atoms with E-state index in [9.17, 15) is 9.59 Å². The van der Waals surface area contributed by atoms with Crippen LogP contribution in [0.15, 0.2) is 42.5 Å². The number of amides is 2. The number of carbonyl (C=O) groups excluding carboxylic acids is 2. The Bertz CT molecular complexity index is 943. The molecule has 32 heavy (non-hydrogen) atoms. The van der Waals surface area contributed by atoms with Crippen molar-refractivity contribution in [1.82, 2.24) is 5.32 Å². The van der Waals surface area contributed by atoms with E-state index in [4.69, 9.17) is 0 Å². The molecule has 1 heterocycles. The summed E-state index contributed by atoms with van der Waals surface area (Å²) in [6.45, 7) is 2.35.